The van der Waals surface area contributed by atoms with Crippen LogP contribution < -0.4 is 31.2 Å². The Kier molecular flexibility index (Phi) is 7.75. The maximum absolute atomic E-state index is 13.2. The summed E-state index contributed by atoms with van der Waals surface area (Å²) in [5, 5.41) is 7.41. The van der Waals surface area contributed by atoms with Gasteiger partial charge in [-0.15, -0.1) is 0 Å². The number of carbonyl (C=O) groups excluding carboxylic acids is 3. The van der Waals surface area contributed by atoms with E-state index in [2.05, 4.69) is 16.0 Å². The van der Waals surface area contributed by atoms with Gasteiger partial charge in [-0.1, -0.05) is 0 Å². The molecular weight excluding hydrogens is 466 g/mol. The molecule has 5 N–H and O–H groups in total. The van der Waals surface area contributed by atoms with Crippen molar-refractivity contribution >= 4 is 29.3 Å². The summed E-state index contributed by atoms with van der Waals surface area (Å²) in [5.74, 6) is -0.996. The Hall–Kier alpha value is -3.93. The Balaban J connectivity index is 0.000000211. The van der Waals surface area contributed by atoms with Gasteiger partial charge in [-0.25, -0.2) is 13.6 Å². The zero-order chi connectivity index (χ0) is 25.8. The largest absolute Gasteiger partial charge is 0.489 e. The number of halogens is 2. The minimum atomic E-state index is -0.921. The summed E-state index contributed by atoms with van der Waals surface area (Å²) in [5.41, 5.74) is 5.35. The molecule has 0 fully saturated rings. The molecule has 2 aliphatic heterocycles. The second-order valence-electron chi connectivity index (χ2n) is 8.69. The van der Waals surface area contributed by atoms with Crippen LogP contribution in [0.4, 0.5) is 25.0 Å². The third-order valence-electron chi connectivity index (χ3n) is 4.57. The van der Waals surface area contributed by atoms with E-state index in [9.17, 15) is 23.2 Å². The number of benzene rings is 2. The molecule has 188 valence electrons. The topological polar surface area (TPSA) is 141 Å². The molecule has 2 aromatic rings. The fraction of sp³-hybridized carbons (Fsp3) is 0.348. The van der Waals surface area contributed by atoms with E-state index < -0.39 is 41.3 Å². The lowest BCUT2D eigenvalue weighted by molar-refractivity contribution is -0.119. The Labute approximate surface area is 200 Å². The highest BCUT2D eigenvalue weighted by Gasteiger charge is 2.28. The van der Waals surface area contributed by atoms with E-state index in [0.29, 0.717) is 17.2 Å². The monoisotopic (exact) mass is 492 g/mol. The molecule has 0 radical (unpaired) electrons. The van der Waals surface area contributed by atoms with Crippen molar-refractivity contribution in [2.75, 3.05) is 23.8 Å². The Morgan fingerprint density at radius 2 is 1.49 bits per heavy atom. The number of hydrogen-bond acceptors (Lipinski definition) is 7. The highest BCUT2D eigenvalue weighted by atomic mass is 19.1. The van der Waals surface area contributed by atoms with Crippen molar-refractivity contribution in [1.29, 1.82) is 0 Å². The number of alkyl carbamates (subject to hydrolysis) is 1. The van der Waals surface area contributed by atoms with E-state index in [1.54, 1.807) is 20.8 Å². The van der Waals surface area contributed by atoms with Gasteiger partial charge in [0.2, 0.25) is 5.91 Å². The maximum Gasteiger partial charge on any atom is 0.408 e. The fourth-order valence-electron chi connectivity index (χ4n) is 2.96. The number of anilines is 2. The van der Waals surface area contributed by atoms with Crippen molar-refractivity contribution in [2.45, 2.75) is 38.5 Å². The van der Waals surface area contributed by atoms with Crippen LogP contribution in [0.1, 0.15) is 20.8 Å². The van der Waals surface area contributed by atoms with Gasteiger partial charge in [0, 0.05) is 12.1 Å². The Morgan fingerprint density at radius 3 is 2.03 bits per heavy atom. The van der Waals surface area contributed by atoms with Crippen LogP contribution in [0.3, 0.4) is 0 Å². The van der Waals surface area contributed by atoms with E-state index in [0.717, 1.165) is 6.07 Å². The van der Waals surface area contributed by atoms with Crippen LogP contribution in [-0.2, 0) is 14.3 Å². The molecule has 2 aliphatic rings. The first kappa shape index (κ1) is 25.7. The summed E-state index contributed by atoms with van der Waals surface area (Å²) >= 11 is 0. The number of fused-ring (bicyclic) bond motifs is 2. The molecule has 0 saturated heterocycles. The molecule has 2 atom stereocenters. The van der Waals surface area contributed by atoms with E-state index in [1.807, 2.05) is 0 Å². The van der Waals surface area contributed by atoms with Crippen LogP contribution in [0, 0.1) is 11.6 Å². The molecule has 0 saturated carbocycles. The van der Waals surface area contributed by atoms with E-state index in [1.165, 1.54) is 30.3 Å². The van der Waals surface area contributed by atoms with Crippen LogP contribution in [0.25, 0.3) is 0 Å². The molecule has 3 amide bonds. The average molecular weight is 492 g/mol. The number of nitrogens with one attached hydrogen (secondary N) is 3. The molecule has 0 bridgehead atoms. The number of rotatable bonds is 1. The average Bonchev–Trinajstić information content (AvgIpc) is 2.98. The van der Waals surface area contributed by atoms with E-state index in [4.69, 9.17) is 19.9 Å². The zero-order valence-corrected chi connectivity index (χ0v) is 19.3. The SMILES string of the molecule is CC(C)(C)OC(=O)N[C@H]1COc2ccc(F)cc2NC1=O.N[C@H]1COc2ccc(F)cc2NC1=O. The van der Waals surface area contributed by atoms with Crippen molar-refractivity contribution < 1.29 is 37.4 Å². The second kappa shape index (κ2) is 10.6. The number of amides is 3. The third kappa shape index (κ3) is 7.27. The van der Waals surface area contributed by atoms with Gasteiger partial charge in [-0.2, -0.15) is 0 Å². The molecular formula is C23H26F2N4O6. The first-order valence-electron chi connectivity index (χ1n) is 10.6. The zero-order valence-electron chi connectivity index (χ0n) is 19.3. The predicted octanol–water partition coefficient (Wildman–Crippen LogP) is 2.53. The standard InChI is InChI=1S/C14H17FN2O4.C9H9FN2O2/c1-14(2,3)21-13(19)17-10-7-20-11-5-4-8(15)6-9(11)16-12(10)18;10-5-1-2-8-7(3-5)12-9(13)6(11)4-14-8/h4-6,10H,7H2,1-3H3,(H,16,18)(H,17,19);1-3,6H,4,11H2,(H,12,13)/t10-;6-/m00/s1. The molecule has 35 heavy (non-hydrogen) atoms. The second-order valence-corrected chi connectivity index (χ2v) is 8.69. The summed E-state index contributed by atoms with van der Waals surface area (Å²) in [6.45, 7) is 5.19. The third-order valence-corrected chi connectivity index (χ3v) is 4.57. The lowest BCUT2D eigenvalue weighted by Crippen LogP contribution is -2.48. The first-order valence-corrected chi connectivity index (χ1v) is 10.6. The van der Waals surface area contributed by atoms with Crippen LogP contribution >= 0.6 is 0 Å². The van der Waals surface area contributed by atoms with Gasteiger partial charge in [0.15, 0.2) is 0 Å². The van der Waals surface area contributed by atoms with Crippen LogP contribution in [0.5, 0.6) is 11.5 Å². The molecule has 0 unspecified atom stereocenters. The van der Waals surface area contributed by atoms with Crippen LogP contribution in [0.2, 0.25) is 0 Å². The molecule has 0 spiro atoms. The van der Waals surface area contributed by atoms with Crippen LogP contribution in [0.15, 0.2) is 36.4 Å². The maximum atomic E-state index is 13.2. The number of carbonyl (C=O) groups is 3. The molecule has 10 nitrogen and oxygen atoms in total. The number of ether oxygens (including phenoxy) is 3. The van der Waals surface area contributed by atoms with Gasteiger partial charge in [0.05, 0.1) is 11.4 Å². The molecule has 0 aromatic heterocycles. The van der Waals surface area contributed by atoms with Crippen molar-refractivity contribution in [1.82, 2.24) is 5.32 Å². The van der Waals surface area contributed by atoms with Crippen LogP contribution in [-0.4, -0.2) is 48.8 Å². The van der Waals surface area contributed by atoms with Gasteiger partial charge >= 0.3 is 6.09 Å². The molecule has 2 aromatic carbocycles. The predicted molar refractivity (Wildman–Crippen MR) is 122 cm³/mol. The van der Waals surface area contributed by atoms with Crippen molar-refractivity contribution in [2.24, 2.45) is 5.73 Å². The van der Waals surface area contributed by atoms with Gasteiger partial charge in [0.25, 0.3) is 5.91 Å². The minimum Gasteiger partial charge on any atom is -0.489 e. The summed E-state index contributed by atoms with van der Waals surface area (Å²) in [6.07, 6.45) is -0.719. The Bertz CT molecular complexity index is 1120. The summed E-state index contributed by atoms with van der Waals surface area (Å²) < 4.78 is 41.7. The lowest BCUT2D eigenvalue weighted by Gasteiger charge is -2.22. The van der Waals surface area contributed by atoms with E-state index >= 15 is 0 Å². The van der Waals surface area contributed by atoms with Gasteiger partial charge in [0.1, 0.15) is 54.0 Å². The minimum absolute atomic E-state index is 0.0658. The highest BCUT2D eigenvalue weighted by Crippen LogP contribution is 2.28. The van der Waals surface area contributed by atoms with Crippen molar-refractivity contribution in [3.8, 4) is 11.5 Å². The molecule has 0 aliphatic carbocycles. The Morgan fingerprint density at radius 1 is 0.971 bits per heavy atom. The van der Waals surface area contributed by atoms with Gasteiger partial charge in [-0.3, -0.25) is 9.59 Å². The van der Waals surface area contributed by atoms with E-state index in [-0.39, 0.29) is 24.8 Å². The fourth-order valence-corrected chi connectivity index (χ4v) is 2.96. The number of hydrogen-bond donors (Lipinski definition) is 4. The molecule has 12 heteroatoms. The van der Waals surface area contributed by atoms with Crippen molar-refractivity contribution in [3.05, 3.63) is 48.0 Å². The smallest absolute Gasteiger partial charge is 0.408 e. The highest BCUT2D eigenvalue weighted by molar-refractivity contribution is 5.98. The quantitative estimate of drug-likeness (QED) is 0.479. The summed E-state index contributed by atoms with van der Waals surface area (Å²) in [4.78, 5) is 34.9. The first-order chi connectivity index (χ1) is 16.4. The van der Waals surface area contributed by atoms with Gasteiger partial charge in [-0.05, 0) is 45.0 Å². The van der Waals surface area contributed by atoms with Crippen molar-refractivity contribution in [3.63, 3.8) is 0 Å². The molecule has 4 rings (SSSR count). The lowest BCUT2D eigenvalue weighted by atomic mass is 10.2. The normalized spacial score (nSPS) is 18.9. The summed E-state index contributed by atoms with van der Waals surface area (Å²) in [7, 11) is 0. The number of nitrogens with two attached hydrogens (primary N) is 1. The van der Waals surface area contributed by atoms with Gasteiger partial charge < -0.3 is 35.9 Å². The molecule has 2 heterocycles. The summed E-state index contributed by atoms with van der Waals surface area (Å²) in [6, 6.07) is 6.09.